The molecular weight excluding hydrogens is 646 g/mol. The van der Waals surface area contributed by atoms with Crippen molar-refractivity contribution in [3.05, 3.63) is 29.8 Å². The molecule has 0 amide bonds. The largest absolute Gasteiger partial charge is 0.464 e. The molecule has 2 saturated heterocycles. The summed E-state index contributed by atoms with van der Waals surface area (Å²) in [6.45, 7) is 7.89. The molecule has 2 fully saturated rings. The van der Waals surface area contributed by atoms with Crippen molar-refractivity contribution in [1.82, 2.24) is 0 Å². The molecule has 0 bridgehead atoms. The molecule has 0 N–H and O–H groups in total. The van der Waals surface area contributed by atoms with Crippen LogP contribution in [0, 0.1) is 12.3 Å². The molecule has 268 valence electrons. The van der Waals surface area contributed by atoms with Gasteiger partial charge in [0, 0.05) is 39.4 Å². The zero-order chi connectivity index (χ0) is 36.4. The Balaban J connectivity index is 2.03. The highest BCUT2D eigenvalue weighted by Gasteiger charge is 2.64. The molecule has 0 radical (unpaired) electrons. The highest BCUT2D eigenvalue weighted by atomic mass is 16.8. The SMILES string of the molecule is C#C[C@@]1(OC(C)=O)[C@@H](COC(Cc2ccc(N3CCC[C@H]3C(=O)OCC)cc2)(C(=O)OCC)C(=O)OCC)OC(OC(C)=O)[C@@H]1OC(C)=O. The molecule has 0 aliphatic carbocycles. The van der Waals surface area contributed by atoms with Gasteiger partial charge in [0.15, 0.2) is 0 Å². The molecule has 2 aliphatic rings. The Kier molecular flexibility index (Phi) is 13.5. The van der Waals surface area contributed by atoms with E-state index in [1.54, 1.807) is 31.2 Å². The first kappa shape index (κ1) is 38.8. The number of benzene rings is 1. The van der Waals surface area contributed by atoms with Crippen LogP contribution in [0.5, 0.6) is 0 Å². The molecule has 0 aromatic heterocycles. The number of esters is 6. The number of hydrogen-bond acceptors (Lipinski definition) is 15. The van der Waals surface area contributed by atoms with Gasteiger partial charge in [-0.15, -0.1) is 6.42 Å². The topological polar surface area (TPSA) is 180 Å². The number of nitrogens with zero attached hydrogens (tertiary/aromatic N) is 1. The van der Waals surface area contributed by atoms with Crippen molar-refractivity contribution in [1.29, 1.82) is 0 Å². The summed E-state index contributed by atoms with van der Waals surface area (Å²) in [6.07, 6.45) is 2.04. The predicted octanol–water partition coefficient (Wildman–Crippen LogP) is 1.80. The fraction of sp³-hybridized carbons (Fsp3) is 0.588. The van der Waals surface area contributed by atoms with E-state index in [9.17, 15) is 28.8 Å². The number of terminal acetylenes is 1. The van der Waals surface area contributed by atoms with Crippen molar-refractivity contribution in [2.24, 2.45) is 0 Å². The first-order valence-corrected chi connectivity index (χ1v) is 16.0. The zero-order valence-corrected chi connectivity index (χ0v) is 28.5. The van der Waals surface area contributed by atoms with Crippen LogP contribution in [-0.2, 0) is 73.1 Å². The third-order valence-electron chi connectivity index (χ3n) is 7.78. The number of carbonyl (C=O) groups is 6. The third-order valence-corrected chi connectivity index (χ3v) is 7.78. The average Bonchev–Trinajstić information content (AvgIpc) is 3.63. The highest BCUT2D eigenvalue weighted by molar-refractivity contribution is 6.04. The van der Waals surface area contributed by atoms with Gasteiger partial charge in [0.25, 0.3) is 5.60 Å². The molecule has 0 saturated carbocycles. The van der Waals surface area contributed by atoms with Crippen molar-refractivity contribution in [3.8, 4) is 12.3 Å². The fourth-order valence-electron chi connectivity index (χ4n) is 5.79. The Hall–Kier alpha value is -4.68. The summed E-state index contributed by atoms with van der Waals surface area (Å²) in [6, 6.07) is 6.36. The number of rotatable bonds is 15. The lowest BCUT2D eigenvalue weighted by atomic mass is 9.91. The lowest BCUT2D eigenvalue weighted by molar-refractivity contribution is -0.206. The Morgan fingerprint density at radius 1 is 0.898 bits per heavy atom. The van der Waals surface area contributed by atoms with E-state index in [0.29, 0.717) is 18.5 Å². The van der Waals surface area contributed by atoms with Gasteiger partial charge >= 0.3 is 35.8 Å². The van der Waals surface area contributed by atoms with E-state index in [-0.39, 0.29) is 25.8 Å². The van der Waals surface area contributed by atoms with E-state index < -0.39 is 78.6 Å². The molecular formula is C34H43NO14. The van der Waals surface area contributed by atoms with Gasteiger partial charge in [0.1, 0.15) is 12.1 Å². The Labute approximate surface area is 284 Å². The summed E-state index contributed by atoms with van der Waals surface area (Å²) in [5, 5.41) is 0. The Bertz CT molecular complexity index is 1400. The summed E-state index contributed by atoms with van der Waals surface area (Å²) in [7, 11) is 0. The number of hydrogen-bond donors (Lipinski definition) is 0. The molecule has 3 rings (SSSR count). The summed E-state index contributed by atoms with van der Waals surface area (Å²) < 4.78 is 43.7. The highest BCUT2D eigenvalue weighted by Crippen LogP contribution is 2.39. The van der Waals surface area contributed by atoms with Gasteiger partial charge in [0.2, 0.25) is 18.0 Å². The first-order valence-electron chi connectivity index (χ1n) is 16.0. The number of carbonyl (C=O) groups excluding carboxylic acids is 6. The molecule has 49 heavy (non-hydrogen) atoms. The molecule has 15 heteroatoms. The van der Waals surface area contributed by atoms with Gasteiger partial charge in [-0.1, -0.05) is 18.1 Å². The smallest absolute Gasteiger partial charge is 0.350 e. The molecule has 15 nitrogen and oxygen atoms in total. The van der Waals surface area contributed by atoms with Crippen LogP contribution < -0.4 is 4.90 Å². The monoisotopic (exact) mass is 689 g/mol. The summed E-state index contributed by atoms with van der Waals surface area (Å²) in [4.78, 5) is 78.0. The summed E-state index contributed by atoms with van der Waals surface area (Å²) in [5.41, 5.74) is -3.49. The van der Waals surface area contributed by atoms with Gasteiger partial charge in [-0.2, -0.15) is 0 Å². The zero-order valence-electron chi connectivity index (χ0n) is 28.5. The standard InChI is InChI=1S/C34H43NO14/c1-8-33(49-23(7)38)27(48-30(47-22(6)37)28(33)46-21(5)36)20-45-34(31(40)43-10-3,32(41)44-11-4)19-24-14-16-25(17-15-24)35-18-12-13-26(35)29(39)42-9-2/h1,14-17,26-28,30H,9-13,18-20H2,2-7H3/t26-,27+,28-,30?,33+/m0/s1. The maximum absolute atomic E-state index is 13.7. The minimum atomic E-state index is -2.44. The molecule has 2 heterocycles. The second-order valence-electron chi connectivity index (χ2n) is 11.2. The van der Waals surface area contributed by atoms with Crippen molar-refractivity contribution < 1.29 is 66.7 Å². The van der Waals surface area contributed by atoms with E-state index in [1.165, 1.54) is 13.8 Å². The van der Waals surface area contributed by atoms with E-state index in [1.807, 2.05) is 4.90 Å². The van der Waals surface area contributed by atoms with Crippen LogP contribution in [-0.4, -0.2) is 105 Å². The summed E-state index contributed by atoms with van der Waals surface area (Å²) in [5.74, 6) is -2.83. The second-order valence-corrected chi connectivity index (χ2v) is 11.2. The minimum Gasteiger partial charge on any atom is -0.464 e. The Morgan fingerprint density at radius 2 is 1.49 bits per heavy atom. The quantitative estimate of drug-likeness (QED) is 0.113. The van der Waals surface area contributed by atoms with Crippen molar-refractivity contribution in [2.45, 2.75) is 96.5 Å². The third kappa shape index (κ3) is 8.87. The minimum absolute atomic E-state index is 0.128. The predicted molar refractivity (Wildman–Crippen MR) is 168 cm³/mol. The second kappa shape index (κ2) is 17.1. The first-order chi connectivity index (χ1) is 23.3. The van der Waals surface area contributed by atoms with Crippen molar-refractivity contribution in [3.63, 3.8) is 0 Å². The van der Waals surface area contributed by atoms with Gasteiger partial charge in [-0.3, -0.25) is 14.4 Å². The Morgan fingerprint density at radius 3 is 2.00 bits per heavy atom. The van der Waals surface area contributed by atoms with Crippen LogP contribution in [0.25, 0.3) is 0 Å². The summed E-state index contributed by atoms with van der Waals surface area (Å²) >= 11 is 0. The number of ether oxygens (including phenoxy) is 8. The maximum Gasteiger partial charge on any atom is 0.350 e. The van der Waals surface area contributed by atoms with Crippen LogP contribution in [0.3, 0.4) is 0 Å². The molecule has 2 aliphatic heterocycles. The van der Waals surface area contributed by atoms with Crippen LogP contribution in [0.1, 0.15) is 59.9 Å². The average molecular weight is 690 g/mol. The molecule has 0 spiro atoms. The lowest BCUT2D eigenvalue weighted by Gasteiger charge is -2.34. The lowest BCUT2D eigenvalue weighted by Crippen LogP contribution is -2.57. The fourth-order valence-corrected chi connectivity index (χ4v) is 5.79. The molecule has 5 atom stereocenters. The molecule has 1 aromatic rings. The van der Waals surface area contributed by atoms with Crippen molar-refractivity contribution >= 4 is 41.5 Å². The van der Waals surface area contributed by atoms with Crippen LogP contribution in [0.2, 0.25) is 0 Å². The van der Waals surface area contributed by atoms with Crippen LogP contribution in [0.4, 0.5) is 5.69 Å². The van der Waals surface area contributed by atoms with E-state index >= 15 is 0 Å². The van der Waals surface area contributed by atoms with Gasteiger partial charge in [-0.25, -0.2) is 14.4 Å². The van der Waals surface area contributed by atoms with Gasteiger partial charge < -0.3 is 42.8 Å². The van der Waals surface area contributed by atoms with Gasteiger partial charge in [0.05, 0.1) is 26.4 Å². The maximum atomic E-state index is 13.7. The van der Waals surface area contributed by atoms with Crippen molar-refractivity contribution in [2.75, 3.05) is 37.9 Å². The van der Waals surface area contributed by atoms with E-state index in [2.05, 4.69) is 5.92 Å². The van der Waals surface area contributed by atoms with Gasteiger partial charge in [-0.05, 0) is 51.3 Å². The van der Waals surface area contributed by atoms with E-state index in [0.717, 1.165) is 32.9 Å². The number of anilines is 1. The normalized spacial score (nSPS) is 23.2. The molecule has 1 unspecified atom stereocenters. The van der Waals surface area contributed by atoms with Crippen LogP contribution in [0.15, 0.2) is 24.3 Å². The van der Waals surface area contributed by atoms with Crippen LogP contribution >= 0.6 is 0 Å². The molecule has 1 aromatic carbocycles. The van der Waals surface area contributed by atoms with E-state index in [4.69, 9.17) is 44.3 Å².